The molecule has 0 saturated carbocycles. The summed E-state index contributed by atoms with van der Waals surface area (Å²) in [6.45, 7) is 2.32. The molecule has 0 aliphatic rings. The van der Waals surface area contributed by atoms with Crippen LogP contribution in [0.1, 0.15) is 11.5 Å². The lowest BCUT2D eigenvalue weighted by Gasteiger charge is -2.02. The van der Waals surface area contributed by atoms with Crippen LogP contribution in [-0.4, -0.2) is 9.97 Å². The summed E-state index contributed by atoms with van der Waals surface area (Å²) in [5, 5.41) is 1.20. The third-order valence-electron chi connectivity index (χ3n) is 2.31. The summed E-state index contributed by atoms with van der Waals surface area (Å²) in [5.41, 5.74) is 8.16. The van der Waals surface area contributed by atoms with Gasteiger partial charge in [-0.1, -0.05) is 23.2 Å². The number of benzene rings is 1. The van der Waals surface area contributed by atoms with Crippen LogP contribution in [0.4, 0.5) is 0 Å². The number of H-pyrrole nitrogens is 1. The molecule has 2 rings (SSSR count). The molecule has 16 heavy (non-hydrogen) atoms. The summed E-state index contributed by atoms with van der Waals surface area (Å²) >= 11 is 12.0. The molecule has 84 valence electrons. The van der Waals surface area contributed by atoms with E-state index in [1.54, 1.807) is 12.1 Å². The van der Waals surface area contributed by atoms with Crippen LogP contribution in [0.25, 0.3) is 11.3 Å². The maximum Gasteiger partial charge on any atom is 0.120 e. The van der Waals surface area contributed by atoms with E-state index in [0.717, 1.165) is 22.8 Å². The van der Waals surface area contributed by atoms with Crippen molar-refractivity contribution in [2.75, 3.05) is 0 Å². The number of imidazole rings is 1. The molecule has 3 N–H and O–H groups in total. The Hall–Kier alpha value is -1.03. The van der Waals surface area contributed by atoms with Crippen molar-refractivity contribution < 1.29 is 0 Å². The van der Waals surface area contributed by atoms with Gasteiger partial charge < -0.3 is 10.7 Å². The molecule has 0 spiro atoms. The Labute approximate surface area is 104 Å². The number of nitrogens with two attached hydrogens (primary N) is 1. The van der Waals surface area contributed by atoms with Gasteiger partial charge in [0.2, 0.25) is 0 Å². The van der Waals surface area contributed by atoms with Crippen molar-refractivity contribution in [2.45, 2.75) is 13.5 Å². The Bertz CT molecular complexity index is 520. The first kappa shape index (κ1) is 11.5. The Balaban J connectivity index is 2.53. The number of aromatic amines is 1. The van der Waals surface area contributed by atoms with Crippen molar-refractivity contribution in [3.05, 3.63) is 39.8 Å². The van der Waals surface area contributed by atoms with Crippen LogP contribution < -0.4 is 5.73 Å². The smallest absolute Gasteiger partial charge is 0.120 e. The highest BCUT2D eigenvalue weighted by atomic mass is 35.5. The minimum atomic E-state index is 0.381. The van der Waals surface area contributed by atoms with Crippen LogP contribution >= 0.6 is 23.2 Å². The summed E-state index contributed by atoms with van der Waals surface area (Å²) in [5.74, 6) is 0.749. The molecular formula is C11H11Cl2N3. The summed E-state index contributed by atoms with van der Waals surface area (Å²) in [6, 6.07) is 5.35. The molecule has 1 aromatic heterocycles. The lowest BCUT2D eigenvalue weighted by Crippen LogP contribution is -1.97. The number of nitrogens with zero attached hydrogens (tertiary/aromatic N) is 1. The van der Waals surface area contributed by atoms with E-state index in [4.69, 9.17) is 28.9 Å². The first-order chi connectivity index (χ1) is 7.61. The number of hydrogen-bond donors (Lipinski definition) is 2. The fraction of sp³-hybridized carbons (Fsp3) is 0.182. The van der Waals surface area contributed by atoms with Crippen molar-refractivity contribution in [1.82, 2.24) is 9.97 Å². The summed E-state index contributed by atoms with van der Waals surface area (Å²) in [4.78, 5) is 7.49. The van der Waals surface area contributed by atoms with E-state index in [2.05, 4.69) is 9.97 Å². The molecule has 0 aliphatic heterocycles. The van der Waals surface area contributed by atoms with Gasteiger partial charge in [0.05, 0.1) is 17.3 Å². The largest absolute Gasteiger partial charge is 0.344 e. The zero-order chi connectivity index (χ0) is 11.7. The molecule has 0 fully saturated rings. The molecule has 1 heterocycles. The molecule has 0 amide bonds. The molecule has 0 radical (unpaired) electrons. The van der Waals surface area contributed by atoms with Crippen LogP contribution in [0.5, 0.6) is 0 Å². The maximum absolute atomic E-state index is 6.12. The highest BCUT2D eigenvalue weighted by molar-refractivity contribution is 6.36. The predicted molar refractivity (Wildman–Crippen MR) is 66.7 cm³/mol. The molecule has 0 saturated heterocycles. The Kier molecular flexibility index (Phi) is 3.19. The van der Waals surface area contributed by atoms with Gasteiger partial charge in [-0.3, -0.25) is 0 Å². The first-order valence-corrected chi connectivity index (χ1v) is 5.58. The standard InChI is InChI=1S/C11H11Cl2N3/c1-6-11(16-10(5-14)15-6)8-3-2-7(12)4-9(8)13/h2-4H,5,14H2,1H3,(H,15,16). The topological polar surface area (TPSA) is 54.7 Å². The van der Waals surface area contributed by atoms with Crippen LogP contribution in [0.15, 0.2) is 18.2 Å². The third-order valence-corrected chi connectivity index (χ3v) is 2.86. The monoisotopic (exact) mass is 255 g/mol. The van der Waals surface area contributed by atoms with Gasteiger partial charge in [0.25, 0.3) is 0 Å². The molecule has 2 aromatic rings. The minimum Gasteiger partial charge on any atom is -0.344 e. The van der Waals surface area contributed by atoms with E-state index >= 15 is 0 Å². The first-order valence-electron chi connectivity index (χ1n) is 4.83. The Morgan fingerprint density at radius 3 is 2.69 bits per heavy atom. The number of aryl methyl sites for hydroxylation is 1. The number of aromatic nitrogens is 2. The molecule has 0 aliphatic carbocycles. The van der Waals surface area contributed by atoms with Crippen LogP contribution in [-0.2, 0) is 6.54 Å². The van der Waals surface area contributed by atoms with Gasteiger partial charge >= 0.3 is 0 Å². The molecule has 0 atom stereocenters. The van der Waals surface area contributed by atoms with E-state index in [1.807, 2.05) is 13.0 Å². The zero-order valence-electron chi connectivity index (χ0n) is 8.72. The number of nitrogens with one attached hydrogen (secondary N) is 1. The van der Waals surface area contributed by atoms with E-state index in [1.165, 1.54) is 0 Å². The van der Waals surface area contributed by atoms with E-state index in [-0.39, 0.29) is 0 Å². The van der Waals surface area contributed by atoms with Gasteiger partial charge in [0, 0.05) is 16.3 Å². The second kappa shape index (κ2) is 4.45. The molecule has 0 bridgehead atoms. The van der Waals surface area contributed by atoms with Gasteiger partial charge in [-0.2, -0.15) is 0 Å². The van der Waals surface area contributed by atoms with Crippen LogP contribution in [0.2, 0.25) is 10.0 Å². The summed E-state index contributed by atoms with van der Waals surface area (Å²) in [7, 11) is 0. The predicted octanol–water partition coefficient (Wildman–Crippen LogP) is 3.15. The normalized spacial score (nSPS) is 10.8. The molecule has 1 aromatic carbocycles. The van der Waals surface area contributed by atoms with E-state index in [9.17, 15) is 0 Å². The third kappa shape index (κ3) is 2.07. The molecule has 3 nitrogen and oxygen atoms in total. The van der Waals surface area contributed by atoms with E-state index in [0.29, 0.717) is 16.6 Å². The van der Waals surface area contributed by atoms with Gasteiger partial charge in [0.15, 0.2) is 0 Å². The molecule has 5 heteroatoms. The zero-order valence-corrected chi connectivity index (χ0v) is 10.2. The lowest BCUT2D eigenvalue weighted by atomic mass is 10.1. The van der Waals surface area contributed by atoms with E-state index < -0.39 is 0 Å². The number of hydrogen-bond acceptors (Lipinski definition) is 2. The van der Waals surface area contributed by atoms with Crippen LogP contribution in [0, 0.1) is 6.92 Å². The maximum atomic E-state index is 6.12. The Morgan fingerprint density at radius 2 is 2.12 bits per heavy atom. The fourth-order valence-electron chi connectivity index (χ4n) is 1.56. The van der Waals surface area contributed by atoms with Crippen molar-refractivity contribution in [3.63, 3.8) is 0 Å². The van der Waals surface area contributed by atoms with Crippen LogP contribution in [0.3, 0.4) is 0 Å². The van der Waals surface area contributed by atoms with Gasteiger partial charge in [-0.15, -0.1) is 0 Å². The number of rotatable bonds is 2. The van der Waals surface area contributed by atoms with Crippen molar-refractivity contribution in [3.8, 4) is 11.3 Å². The average molecular weight is 256 g/mol. The molecular weight excluding hydrogens is 245 g/mol. The Morgan fingerprint density at radius 1 is 1.38 bits per heavy atom. The van der Waals surface area contributed by atoms with Crippen molar-refractivity contribution in [2.24, 2.45) is 5.73 Å². The lowest BCUT2D eigenvalue weighted by molar-refractivity contribution is 0.944. The van der Waals surface area contributed by atoms with Crippen molar-refractivity contribution in [1.29, 1.82) is 0 Å². The number of halogens is 2. The summed E-state index contributed by atoms with van der Waals surface area (Å²) < 4.78 is 0. The fourth-order valence-corrected chi connectivity index (χ4v) is 2.06. The van der Waals surface area contributed by atoms with Gasteiger partial charge in [-0.05, 0) is 25.1 Å². The average Bonchev–Trinajstić information content (AvgIpc) is 2.60. The highest BCUT2D eigenvalue weighted by Gasteiger charge is 2.11. The second-order valence-corrected chi connectivity index (χ2v) is 4.33. The van der Waals surface area contributed by atoms with Crippen molar-refractivity contribution >= 4 is 23.2 Å². The molecule has 0 unspecified atom stereocenters. The minimum absolute atomic E-state index is 0.381. The van der Waals surface area contributed by atoms with Gasteiger partial charge in [-0.25, -0.2) is 4.98 Å². The summed E-state index contributed by atoms with van der Waals surface area (Å²) in [6.07, 6.45) is 0. The van der Waals surface area contributed by atoms with Gasteiger partial charge in [0.1, 0.15) is 5.82 Å². The second-order valence-electron chi connectivity index (χ2n) is 3.49. The highest BCUT2D eigenvalue weighted by Crippen LogP contribution is 2.30. The quantitative estimate of drug-likeness (QED) is 0.867. The SMILES string of the molecule is Cc1[nH]c(CN)nc1-c1ccc(Cl)cc1Cl.